The Morgan fingerprint density at radius 3 is 3.11 bits per heavy atom. The lowest BCUT2D eigenvalue weighted by molar-refractivity contribution is 0.0690. The van der Waals surface area contributed by atoms with E-state index in [1.807, 2.05) is 6.07 Å². The Kier molecular flexibility index (Phi) is 4.28. The van der Waals surface area contributed by atoms with E-state index >= 15 is 0 Å². The Bertz CT molecular complexity index is 422. The fraction of sp³-hybridized carbons (Fsp3) is 0.538. The first-order valence-corrected chi connectivity index (χ1v) is 6.27. The van der Waals surface area contributed by atoms with Crippen LogP contribution in [0.25, 0.3) is 0 Å². The number of nitrogens with zero attached hydrogens (tertiary/aromatic N) is 2. The molecule has 0 saturated carbocycles. The minimum Gasteiger partial charge on any atom is -0.477 e. The van der Waals surface area contributed by atoms with Crippen molar-refractivity contribution in [2.75, 3.05) is 20.1 Å². The Hall–Kier alpha value is -1.46. The molecule has 0 spiro atoms. The van der Waals surface area contributed by atoms with Crippen LogP contribution >= 0.6 is 0 Å². The SMILES string of the molecule is CN1CCCC1CNCc1cccc(C(=O)O)n1. The second-order valence-electron chi connectivity index (χ2n) is 4.73. The predicted octanol–water partition coefficient (Wildman–Crippen LogP) is 0.964. The summed E-state index contributed by atoms with van der Waals surface area (Å²) < 4.78 is 0. The van der Waals surface area contributed by atoms with E-state index in [1.165, 1.54) is 25.5 Å². The monoisotopic (exact) mass is 249 g/mol. The smallest absolute Gasteiger partial charge is 0.354 e. The van der Waals surface area contributed by atoms with Gasteiger partial charge in [0.15, 0.2) is 0 Å². The van der Waals surface area contributed by atoms with Gasteiger partial charge in [0.25, 0.3) is 0 Å². The van der Waals surface area contributed by atoms with E-state index < -0.39 is 5.97 Å². The summed E-state index contributed by atoms with van der Waals surface area (Å²) in [6.07, 6.45) is 2.49. The number of aromatic nitrogens is 1. The average molecular weight is 249 g/mol. The van der Waals surface area contributed by atoms with Gasteiger partial charge in [0.1, 0.15) is 5.69 Å². The number of rotatable bonds is 5. The number of carbonyl (C=O) groups is 1. The summed E-state index contributed by atoms with van der Waals surface area (Å²) in [5.41, 5.74) is 0.878. The lowest BCUT2D eigenvalue weighted by Gasteiger charge is -2.19. The molecule has 1 atom stereocenters. The minimum absolute atomic E-state index is 0.104. The average Bonchev–Trinajstić information content (AvgIpc) is 2.76. The second kappa shape index (κ2) is 5.93. The standard InChI is InChI=1S/C13H19N3O2/c1-16-7-3-5-11(16)9-14-8-10-4-2-6-12(15-10)13(17)18/h2,4,6,11,14H,3,5,7-9H2,1H3,(H,17,18). The van der Waals surface area contributed by atoms with Crippen molar-refractivity contribution in [2.45, 2.75) is 25.4 Å². The topological polar surface area (TPSA) is 65.5 Å². The number of hydrogen-bond acceptors (Lipinski definition) is 4. The molecule has 1 unspecified atom stereocenters. The first-order valence-electron chi connectivity index (χ1n) is 6.27. The van der Waals surface area contributed by atoms with E-state index in [0.717, 1.165) is 12.2 Å². The number of carboxylic acids is 1. The van der Waals surface area contributed by atoms with Crippen LogP contribution in [0.4, 0.5) is 0 Å². The summed E-state index contributed by atoms with van der Waals surface area (Å²) in [6, 6.07) is 5.68. The van der Waals surface area contributed by atoms with Gasteiger partial charge in [-0.2, -0.15) is 0 Å². The van der Waals surface area contributed by atoms with E-state index in [9.17, 15) is 4.79 Å². The lowest BCUT2D eigenvalue weighted by atomic mass is 10.2. The second-order valence-corrected chi connectivity index (χ2v) is 4.73. The maximum atomic E-state index is 10.8. The highest BCUT2D eigenvalue weighted by atomic mass is 16.4. The molecule has 2 rings (SSSR count). The molecule has 1 aliphatic rings. The molecule has 0 amide bonds. The number of likely N-dealkylation sites (N-methyl/N-ethyl adjacent to an activating group) is 1. The zero-order valence-electron chi connectivity index (χ0n) is 10.6. The van der Waals surface area contributed by atoms with Gasteiger partial charge in [0, 0.05) is 19.1 Å². The largest absolute Gasteiger partial charge is 0.477 e. The molecule has 1 aromatic rings. The van der Waals surface area contributed by atoms with Gasteiger partial charge >= 0.3 is 5.97 Å². The summed E-state index contributed by atoms with van der Waals surface area (Å²) in [5, 5.41) is 12.2. The fourth-order valence-corrected chi connectivity index (χ4v) is 2.30. The summed E-state index contributed by atoms with van der Waals surface area (Å²) >= 11 is 0. The van der Waals surface area contributed by atoms with Crippen molar-refractivity contribution in [3.63, 3.8) is 0 Å². The molecule has 18 heavy (non-hydrogen) atoms. The molecule has 2 N–H and O–H groups in total. The van der Waals surface area contributed by atoms with Crippen molar-refractivity contribution in [3.05, 3.63) is 29.6 Å². The van der Waals surface area contributed by atoms with Crippen LogP contribution in [-0.2, 0) is 6.54 Å². The van der Waals surface area contributed by atoms with Crippen LogP contribution in [0.3, 0.4) is 0 Å². The molecule has 0 bridgehead atoms. The highest BCUT2D eigenvalue weighted by Crippen LogP contribution is 2.13. The van der Waals surface area contributed by atoms with E-state index in [4.69, 9.17) is 5.11 Å². The third kappa shape index (κ3) is 3.27. The molecule has 1 saturated heterocycles. The van der Waals surface area contributed by atoms with Crippen molar-refractivity contribution >= 4 is 5.97 Å². The van der Waals surface area contributed by atoms with E-state index in [2.05, 4.69) is 22.2 Å². The summed E-state index contributed by atoms with van der Waals surface area (Å²) in [4.78, 5) is 17.2. The molecule has 2 heterocycles. The third-order valence-corrected chi connectivity index (χ3v) is 3.38. The van der Waals surface area contributed by atoms with Gasteiger partial charge in [-0.25, -0.2) is 9.78 Å². The van der Waals surface area contributed by atoms with Gasteiger partial charge in [0.2, 0.25) is 0 Å². The van der Waals surface area contributed by atoms with Crippen LogP contribution in [0.5, 0.6) is 0 Å². The van der Waals surface area contributed by atoms with Crippen molar-refractivity contribution in [1.82, 2.24) is 15.2 Å². The first kappa shape index (κ1) is 13.0. The number of hydrogen-bond donors (Lipinski definition) is 2. The number of carboxylic acid groups (broad SMARTS) is 1. The number of pyridine rings is 1. The van der Waals surface area contributed by atoms with Crippen molar-refractivity contribution < 1.29 is 9.90 Å². The van der Waals surface area contributed by atoms with Crippen LogP contribution in [0.1, 0.15) is 29.0 Å². The van der Waals surface area contributed by atoms with Crippen LogP contribution in [0, 0.1) is 0 Å². The minimum atomic E-state index is -0.979. The van der Waals surface area contributed by atoms with Crippen molar-refractivity contribution in [2.24, 2.45) is 0 Å². The van der Waals surface area contributed by atoms with Gasteiger partial charge in [-0.05, 0) is 38.6 Å². The summed E-state index contributed by atoms with van der Waals surface area (Å²) in [6.45, 7) is 2.71. The van der Waals surface area contributed by atoms with E-state index in [0.29, 0.717) is 12.6 Å². The normalized spacial score (nSPS) is 20.2. The fourth-order valence-electron chi connectivity index (χ4n) is 2.30. The molecular formula is C13H19N3O2. The molecular weight excluding hydrogens is 230 g/mol. The maximum absolute atomic E-state index is 10.8. The lowest BCUT2D eigenvalue weighted by Crippen LogP contribution is -2.35. The number of aromatic carboxylic acids is 1. The molecule has 1 fully saturated rings. The number of nitrogens with one attached hydrogen (secondary N) is 1. The van der Waals surface area contributed by atoms with E-state index in [1.54, 1.807) is 6.07 Å². The molecule has 0 aromatic carbocycles. The summed E-state index contributed by atoms with van der Waals surface area (Å²) in [5.74, 6) is -0.979. The quantitative estimate of drug-likeness (QED) is 0.814. The van der Waals surface area contributed by atoms with Crippen LogP contribution in [0.2, 0.25) is 0 Å². The van der Waals surface area contributed by atoms with Crippen LogP contribution in [0.15, 0.2) is 18.2 Å². The highest BCUT2D eigenvalue weighted by molar-refractivity contribution is 5.85. The van der Waals surface area contributed by atoms with Crippen molar-refractivity contribution in [1.29, 1.82) is 0 Å². The van der Waals surface area contributed by atoms with Crippen LogP contribution in [-0.4, -0.2) is 47.1 Å². The number of likely N-dealkylation sites (tertiary alicyclic amines) is 1. The highest BCUT2D eigenvalue weighted by Gasteiger charge is 2.19. The van der Waals surface area contributed by atoms with Gasteiger partial charge in [-0.1, -0.05) is 6.07 Å². The Balaban J connectivity index is 1.83. The molecule has 0 radical (unpaired) electrons. The zero-order valence-corrected chi connectivity index (χ0v) is 10.6. The third-order valence-electron chi connectivity index (χ3n) is 3.38. The molecule has 1 aliphatic heterocycles. The van der Waals surface area contributed by atoms with Crippen molar-refractivity contribution in [3.8, 4) is 0 Å². The predicted molar refractivity (Wildman–Crippen MR) is 68.6 cm³/mol. The Labute approximate surface area is 107 Å². The van der Waals surface area contributed by atoms with Crippen LogP contribution < -0.4 is 5.32 Å². The Morgan fingerprint density at radius 2 is 2.44 bits per heavy atom. The van der Waals surface area contributed by atoms with Gasteiger partial charge < -0.3 is 15.3 Å². The summed E-state index contributed by atoms with van der Waals surface area (Å²) in [7, 11) is 2.14. The molecule has 0 aliphatic carbocycles. The Morgan fingerprint density at radius 1 is 1.61 bits per heavy atom. The van der Waals surface area contributed by atoms with Gasteiger partial charge in [-0.15, -0.1) is 0 Å². The molecule has 5 heteroatoms. The first-order chi connectivity index (χ1) is 8.66. The molecule has 5 nitrogen and oxygen atoms in total. The van der Waals surface area contributed by atoms with Gasteiger partial charge in [-0.3, -0.25) is 0 Å². The maximum Gasteiger partial charge on any atom is 0.354 e. The molecule has 1 aromatic heterocycles. The van der Waals surface area contributed by atoms with E-state index in [-0.39, 0.29) is 5.69 Å². The van der Waals surface area contributed by atoms with Gasteiger partial charge in [0.05, 0.1) is 5.69 Å². The zero-order chi connectivity index (χ0) is 13.0. The molecule has 98 valence electrons.